The van der Waals surface area contributed by atoms with E-state index in [2.05, 4.69) is 0 Å². The summed E-state index contributed by atoms with van der Waals surface area (Å²) < 4.78 is 0. The van der Waals surface area contributed by atoms with Crippen LogP contribution in [-0.4, -0.2) is 60.6 Å². The standard InChI is InChI=1S/6B.Be. The van der Waals surface area contributed by atoms with Crippen molar-refractivity contribution in [1.82, 2.24) is 0 Å². The largest absolute Gasteiger partial charge is 0 e. The molecule has 0 bridgehead atoms. The summed E-state index contributed by atoms with van der Waals surface area (Å²) >= 11 is 0. The zero-order valence-electron chi connectivity index (χ0n) is 4.17. The fourth-order valence-electron chi connectivity index (χ4n) is 0. The Hall–Kier alpha value is 0.558. The second kappa shape index (κ2) is 650. The maximum absolute atomic E-state index is 0. The summed E-state index contributed by atoms with van der Waals surface area (Å²) in [5, 5.41) is 0. The molecule has 0 aliphatic heterocycles. The quantitative estimate of drug-likeness (QED) is 0.275. The molecule has 20 valence electrons. The molecule has 0 N–H and O–H groups in total. The summed E-state index contributed by atoms with van der Waals surface area (Å²) in [6.07, 6.45) is 0. The van der Waals surface area contributed by atoms with Crippen LogP contribution in [0.2, 0.25) is 0 Å². The molecule has 0 rings (SSSR count). The fraction of sp³-hybridized carbons (Fsp3) is 0. The molecule has 0 aliphatic carbocycles. The molecule has 0 heterocycles. The van der Waals surface area contributed by atoms with Gasteiger partial charge in [0.1, 0.15) is 0 Å². The maximum Gasteiger partial charge on any atom is 0 e. The van der Waals surface area contributed by atoms with E-state index in [-0.39, 0.29) is 60.6 Å². The predicted molar refractivity (Wildman–Crippen MR) is 40.3 cm³/mol. The first kappa shape index (κ1) is 1040. The summed E-state index contributed by atoms with van der Waals surface area (Å²) in [4.78, 5) is 0. The molecule has 0 amide bonds. The van der Waals surface area contributed by atoms with Crippen LogP contribution in [0.4, 0.5) is 0 Å². The Balaban J connectivity index is 0. The smallest absolute Gasteiger partial charge is 0 e. The van der Waals surface area contributed by atoms with Gasteiger partial charge < -0.3 is 0 Å². The average molecular weight is 73.9 g/mol. The monoisotopic (exact) mass is 75.1 g/mol. The van der Waals surface area contributed by atoms with Crippen LogP contribution in [0.5, 0.6) is 0 Å². The van der Waals surface area contributed by atoms with Crippen molar-refractivity contribution in [1.29, 1.82) is 0 Å². The van der Waals surface area contributed by atoms with Gasteiger partial charge in [0.2, 0.25) is 0 Å². The number of hydrogen-bond acceptors (Lipinski definition) is 0. The van der Waals surface area contributed by atoms with Crippen molar-refractivity contribution in [3.63, 3.8) is 0 Å². The van der Waals surface area contributed by atoms with Gasteiger partial charge in [-0.25, -0.2) is 0 Å². The van der Waals surface area contributed by atoms with Gasteiger partial charge in [-0.2, -0.15) is 0 Å². The molecular formula is B6Be. The normalized spacial score (nSPS) is 0. The molecule has 0 aliphatic rings. The Morgan fingerprint density at radius 1 is 0.286 bits per heavy atom. The first-order chi connectivity index (χ1) is 0. The zero-order chi connectivity index (χ0) is 0. The number of rotatable bonds is 0. The molecule has 20 radical (unpaired) electrons. The van der Waals surface area contributed by atoms with Crippen LogP contribution in [0.3, 0.4) is 0 Å². The first-order valence-corrected chi connectivity index (χ1v) is 0. The maximum atomic E-state index is 0. The third-order valence-electron chi connectivity index (χ3n) is 0. The average Bonchev–Trinajstić information content (AvgIpc) is 0. The van der Waals surface area contributed by atoms with Gasteiger partial charge in [-0.1, -0.05) is 0 Å². The topological polar surface area (TPSA) is 0 Å². The van der Waals surface area contributed by atoms with Gasteiger partial charge in [0.25, 0.3) is 0 Å². The summed E-state index contributed by atoms with van der Waals surface area (Å²) in [6.45, 7) is 0. The van der Waals surface area contributed by atoms with Crippen molar-refractivity contribution in [3.05, 3.63) is 0 Å². The van der Waals surface area contributed by atoms with Crippen molar-refractivity contribution in [2.24, 2.45) is 0 Å². The van der Waals surface area contributed by atoms with Crippen molar-refractivity contribution < 1.29 is 0 Å². The van der Waals surface area contributed by atoms with Crippen LogP contribution in [0, 0.1) is 0 Å². The van der Waals surface area contributed by atoms with Gasteiger partial charge in [-0.05, 0) is 0 Å². The molecule has 0 atom stereocenters. The molecule has 0 fully saturated rings. The van der Waals surface area contributed by atoms with E-state index in [9.17, 15) is 0 Å². The van der Waals surface area contributed by atoms with Crippen LogP contribution in [0.1, 0.15) is 0 Å². The molecule has 0 saturated heterocycles. The Kier molecular flexibility index (Phi) is 96800. The minimum absolute atomic E-state index is 0. The minimum atomic E-state index is 0. The molecule has 0 aromatic carbocycles. The van der Waals surface area contributed by atoms with Gasteiger partial charge in [0, 0.05) is 60.6 Å². The van der Waals surface area contributed by atoms with Gasteiger partial charge >= 0.3 is 0 Å². The molecular weight excluding hydrogens is 73.9 g/mol. The van der Waals surface area contributed by atoms with E-state index < -0.39 is 0 Å². The Morgan fingerprint density at radius 2 is 0.286 bits per heavy atom. The van der Waals surface area contributed by atoms with Crippen molar-refractivity contribution in [2.75, 3.05) is 0 Å². The van der Waals surface area contributed by atoms with Crippen LogP contribution in [-0.2, 0) is 0 Å². The van der Waals surface area contributed by atoms with E-state index in [1.807, 2.05) is 0 Å². The summed E-state index contributed by atoms with van der Waals surface area (Å²) in [6, 6.07) is 0. The third-order valence-corrected chi connectivity index (χ3v) is 0. The summed E-state index contributed by atoms with van der Waals surface area (Å²) in [5.74, 6) is 0. The predicted octanol–water partition coefficient (Wildman–Crippen LogP) is -2.67. The molecule has 0 spiro atoms. The molecule has 0 aromatic rings. The van der Waals surface area contributed by atoms with Crippen LogP contribution >= 0.6 is 0 Å². The van der Waals surface area contributed by atoms with Crippen LogP contribution in [0.25, 0.3) is 0 Å². The zero-order valence-corrected chi connectivity index (χ0v) is 4.17. The van der Waals surface area contributed by atoms with Gasteiger partial charge in [-0.15, -0.1) is 0 Å². The van der Waals surface area contributed by atoms with E-state index in [0.29, 0.717) is 0 Å². The van der Waals surface area contributed by atoms with E-state index in [4.69, 9.17) is 0 Å². The van der Waals surface area contributed by atoms with Crippen molar-refractivity contribution in [2.45, 2.75) is 0 Å². The van der Waals surface area contributed by atoms with Crippen molar-refractivity contribution in [3.8, 4) is 0 Å². The molecule has 7 heteroatoms. The third kappa shape index (κ3) is 437. The van der Waals surface area contributed by atoms with Crippen molar-refractivity contribution >= 4 is 60.6 Å². The first-order valence-electron chi connectivity index (χ1n) is 0. The van der Waals surface area contributed by atoms with Gasteiger partial charge in [0.15, 0.2) is 0 Å². The second-order valence-electron chi connectivity index (χ2n) is 0. The van der Waals surface area contributed by atoms with Crippen LogP contribution < -0.4 is 0 Å². The Labute approximate surface area is 61.3 Å². The van der Waals surface area contributed by atoms with E-state index in [0.717, 1.165) is 0 Å². The van der Waals surface area contributed by atoms with Crippen LogP contribution in [0.15, 0.2) is 0 Å². The molecule has 7 heavy (non-hydrogen) atoms. The number of hydrogen-bond donors (Lipinski definition) is 0. The summed E-state index contributed by atoms with van der Waals surface area (Å²) in [5.41, 5.74) is 0. The molecule has 0 saturated carbocycles. The minimum Gasteiger partial charge on any atom is 0 e. The van der Waals surface area contributed by atoms with E-state index in [1.165, 1.54) is 0 Å². The summed E-state index contributed by atoms with van der Waals surface area (Å²) in [7, 11) is 0. The van der Waals surface area contributed by atoms with Gasteiger partial charge in [0.05, 0.1) is 0 Å². The molecule has 0 unspecified atom stereocenters. The Morgan fingerprint density at radius 3 is 0.286 bits per heavy atom. The van der Waals surface area contributed by atoms with Gasteiger partial charge in [-0.3, -0.25) is 0 Å². The molecule has 0 nitrogen and oxygen atoms in total. The van der Waals surface area contributed by atoms with E-state index in [1.54, 1.807) is 0 Å². The molecule has 0 aromatic heterocycles. The second-order valence-corrected chi connectivity index (χ2v) is 0. The Bertz CT molecular complexity index is 4.14. The fourth-order valence-corrected chi connectivity index (χ4v) is 0. The SMILES string of the molecule is [B].[B].[B].[B].[B].[B].[Be]. The van der Waals surface area contributed by atoms with E-state index >= 15 is 0 Å².